The lowest BCUT2D eigenvalue weighted by molar-refractivity contribution is -0.137. The Morgan fingerprint density at radius 2 is 2.03 bits per heavy atom. The number of likely N-dealkylation sites (tertiary alicyclic amines) is 1. The van der Waals surface area contributed by atoms with Gasteiger partial charge in [0.05, 0.1) is 0 Å². The van der Waals surface area contributed by atoms with Gasteiger partial charge in [0.2, 0.25) is 5.09 Å². The van der Waals surface area contributed by atoms with E-state index in [9.17, 15) is 27.5 Å². The molecule has 1 unspecified atom stereocenters. The van der Waals surface area contributed by atoms with E-state index < -0.39 is 45.1 Å². The molecule has 1 saturated heterocycles. The number of sulfonamides is 1. The van der Waals surface area contributed by atoms with Crippen molar-refractivity contribution in [2.24, 2.45) is 5.92 Å². The largest absolute Gasteiger partial charge is 0.480 e. The van der Waals surface area contributed by atoms with Crippen LogP contribution in [0.25, 0.3) is 11.0 Å². The van der Waals surface area contributed by atoms with Gasteiger partial charge in [-0.25, -0.2) is 17.6 Å². The number of rotatable bonds is 6. The minimum atomic E-state index is -4.30. The summed E-state index contributed by atoms with van der Waals surface area (Å²) >= 11 is 0. The summed E-state index contributed by atoms with van der Waals surface area (Å²) in [5.74, 6) is -2.15. The number of ether oxygens (including phenoxy) is 1. The minimum Gasteiger partial charge on any atom is -0.480 e. The summed E-state index contributed by atoms with van der Waals surface area (Å²) in [5.41, 5.74) is -0.485. The van der Waals surface area contributed by atoms with Crippen LogP contribution in [0.1, 0.15) is 27.2 Å². The van der Waals surface area contributed by atoms with Crippen LogP contribution in [0.5, 0.6) is 0 Å². The highest BCUT2D eigenvalue weighted by Crippen LogP contribution is 2.28. The lowest BCUT2D eigenvalue weighted by Crippen LogP contribution is -2.40. The number of carbonyl (C=O) groups excluding carboxylic acids is 1. The van der Waals surface area contributed by atoms with Crippen molar-refractivity contribution < 1.29 is 36.7 Å². The molecule has 0 spiro atoms. The molecular formula is C20H25FN2O7S. The fourth-order valence-corrected chi connectivity index (χ4v) is 4.82. The molecule has 1 aromatic carbocycles. The van der Waals surface area contributed by atoms with Gasteiger partial charge in [0.1, 0.15) is 23.5 Å². The molecule has 0 saturated carbocycles. The molecule has 3 rings (SSSR count). The quantitative estimate of drug-likeness (QED) is 0.710. The van der Waals surface area contributed by atoms with E-state index >= 15 is 0 Å². The highest BCUT2D eigenvalue weighted by molar-refractivity contribution is 7.89. The Balaban J connectivity index is 1.78. The molecular weight excluding hydrogens is 431 g/mol. The topological polar surface area (TPSA) is 117 Å². The Bertz CT molecular complexity index is 1090. The molecule has 31 heavy (non-hydrogen) atoms. The molecule has 0 radical (unpaired) electrons. The zero-order chi connectivity index (χ0) is 23.0. The number of furan rings is 1. The minimum absolute atomic E-state index is 0.112. The molecule has 1 aliphatic rings. The first-order chi connectivity index (χ1) is 14.3. The van der Waals surface area contributed by atoms with Gasteiger partial charge in [0, 0.05) is 31.1 Å². The third-order valence-electron chi connectivity index (χ3n) is 4.76. The van der Waals surface area contributed by atoms with Gasteiger partial charge in [0.15, 0.2) is 0 Å². The van der Waals surface area contributed by atoms with Gasteiger partial charge >= 0.3 is 12.1 Å². The second-order valence-electron chi connectivity index (χ2n) is 8.52. The summed E-state index contributed by atoms with van der Waals surface area (Å²) in [6, 6.07) is 4.75. The lowest BCUT2D eigenvalue weighted by atomic mass is 10.1. The number of hydrogen-bond acceptors (Lipinski definition) is 6. The standard InChI is InChI=1S/C20H25FN2O7S/c1-20(2,3)30-19(26)22-7-6-13(10-22)11-23(12-17(24)25)31(27,28)18-9-14-8-15(21)4-5-16(14)29-18/h4-5,8-9,13H,6-7,10-12H2,1-3H3,(H,24,25). The normalized spacial score (nSPS) is 17.5. The van der Waals surface area contributed by atoms with E-state index in [0.717, 1.165) is 16.4 Å². The SMILES string of the molecule is CC(C)(C)OC(=O)N1CCC(CN(CC(=O)O)S(=O)(=O)c2cc3cc(F)ccc3o2)C1. The number of hydrogen-bond donors (Lipinski definition) is 1. The number of carbonyl (C=O) groups is 2. The predicted molar refractivity (Wildman–Crippen MR) is 108 cm³/mol. The Kier molecular flexibility index (Phi) is 6.28. The van der Waals surface area contributed by atoms with Crippen molar-refractivity contribution in [3.8, 4) is 0 Å². The van der Waals surface area contributed by atoms with Crippen LogP contribution in [0.4, 0.5) is 9.18 Å². The van der Waals surface area contributed by atoms with Crippen LogP contribution in [0, 0.1) is 11.7 Å². The van der Waals surface area contributed by atoms with Gasteiger partial charge in [-0.15, -0.1) is 0 Å². The Morgan fingerprint density at radius 3 is 2.68 bits per heavy atom. The van der Waals surface area contributed by atoms with E-state index in [2.05, 4.69) is 0 Å². The first-order valence-corrected chi connectivity index (χ1v) is 11.2. The maximum atomic E-state index is 13.4. The summed E-state index contributed by atoms with van der Waals surface area (Å²) in [6.07, 6.45) is -0.00194. The van der Waals surface area contributed by atoms with Gasteiger partial charge in [0.25, 0.3) is 10.0 Å². The van der Waals surface area contributed by atoms with Crippen molar-refractivity contribution in [2.75, 3.05) is 26.2 Å². The smallest absolute Gasteiger partial charge is 0.410 e. The zero-order valence-electron chi connectivity index (χ0n) is 17.5. The number of fused-ring (bicyclic) bond motifs is 1. The molecule has 2 heterocycles. The lowest BCUT2D eigenvalue weighted by Gasteiger charge is -2.25. The van der Waals surface area contributed by atoms with E-state index in [4.69, 9.17) is 9.15 Å². The van der Waals surface area contributed by atoms with Gasteiger partial charge in [-0.1, -0.05) is 0 Å². The highest BCUT2D eigenvalue weighted by Gasteiger charge is 2.36. The van der Waals surface area contributed by atoms with Crippen molar-refractivity contribution in [1.29, 1.82) is 0 Å². The van der Waals surface area contributed by atoms with E-state index in [1.807, 2.05) is 0 Å². The molecule has 170 valence electrons. The summed E-state index contributed by atoms with van der Waals surface area (Å²) in [7, 11) is -4.30. The Hall–Kier alpha value is -2.66. The van der Waals surface area contributed by atoms with Crippen LogP contribution in [-0.4, -0.2) is 66.6 Å². The van der Waals surface area contributed by atoms with Gasteiger partial charge in [-0.05, 0) is 51.3 Å². The van der Waals surface area contributed by atoms with Crippen molar-refractivity contribution in [2.45, 2.75) is 37.9 Å². The zero-order valence-corrected chi connectivity index (χ0v) is 18.3. The van der Waals surface area contributed by atoms with Crippen LogP contribution >= 0.6 is 0 Å². The van der Waals surface area contributed by atoms with Crippen LogP contribution in [0.3, 0.4) is 0 Å². The molecule has 2 aromatic rings. The fourth-order valence-electron chi connectivity index (χ4n) is 3.40. The first-order valence-electron chi connectivity index (χ1n) is 9.74. The molecule has 1 amide bonds. The van der Waals surface area contributed by atoms with Crippen molar-refractivity contribution in [1.82, 2.24) is 9.21 Å². The number of benzene rings is 1. The molecule has 1 N–H and O–H groups in total. The third kappa shape index (κ3) is 5.53. The molecule has 0 aliphatic carbocycles. The number of amides is 1. The highest BCUT2D eigenvalue weighted by atomic mass is 32.2. The van der Waals surface area contributed by atoms with Gasteiger partial charge < -0.3 is 19.2 Å². The van der Waals surface area contributed by atoms with Crippen LogP contribution in [0.2, 0.25) is 0 Å². The number of carboxylic acids is 1. The van der Waals surface area contributed by atoms with Crippen LogP contribution in [0.15, 0.2) is 33.8 Å². The van der Waals surface area contributed by atoms with Crippen LogP contribution in [-0.2, 0) is 19.6 Å². The van der Waals surface area contributed by atoms with E-state index in [0.29, 0.717) is 13.0 Å². The summed E-state index contributed by atoms with van der Waals surface area (Å²) in [6.45, 7) is 4.99. The second-order valence-corrected chi connectivity index (χ2v) is 10.4. The molecule has 9 nitrogen and oxygen atoms in total. The summed E-state index contributed by atoms with van der Waals surface area (Å²) in [4.78, 5) is 25.1. The average molecular weight is 456 g/mol. The predicted octanol–water partition coefficient (Wildman–Crippen LogP) is 2.90. The number of aliphatic carboxylic acids is 1. The van der Waals surface area contributed by atoms with Crippen molar-refractivity contribution in [3.63, 3.8) is 0 Å². The Morgan fingerprint density at radius 1 is 1.32 bits per heavy atom. The molecule has 1 fully saturated rings. The Labute approximate surface area is 179 Å². The van der Waals surface area contributed by atoms with Crippen molar-refractivity contribution in [3.05, 3.63) is 30.1 Å². The maximum absolute atomic E-state index is 13.4. The second kappa shape index (κ2) is 8.46. The third-order valence-corrected chi connectivity index (χ3v) is 6.43. The maximum Gasteiger partial charge on any atom is 0.410 e. The monoisotopic (exact) mass is 456 g/mol. The average Bonchev–Trinajstić information content (AvgIpc) is 3.26. The van der Waals surface area contributed by atoms with E-state index in [1.54, 1.807) is 20.8 Å². The fraction of sp³-hybridized carbons (Fsp3) is 0.500. The molecule has 1 aliphatic heterocycles. The number of nitrogens with zero attached hydrogens (tertiary/aromatic N) is 2. The first kappa shape index (κ1) is 23.0. The van der Waals surface area contributed by atoms with Gasteiger partial charge in [-0.2, -0.15) is 4.31 Å². The molecule has 11 heteroatoms. The van der Waals surface area contributed by atoms with Gasteiger partial charge in [-0.3, -0.25) is 4.79 Å². The van der Waals surface area contributed by atoms with Crippen molar-refractivity contribution >= 4 is 33.1 Å². The summed E-state index contributed by atoms with van der Waals surface area (Å²) in [5, 5.41) is 9.03. The molecule has 1 atom stereocenters. The van der Waals surface area contributed by atoms with E-state index in [-0.39, 0.29) is 30.0 Å². The number of carboxylic acid groups (broad SMARTS) is 1. The molecule has 0 bridgehead atoms. The number of halogens is 1. The van der Waals surface area contributed by atoms with E-state index in [1.165, 1.54) is 17.0 Å². The molecule has 1 aromatic heterocycles. The summed E-state index contributed by atoms with van der Waals surface area (Å²) < 4.78 is 51.1. The van der Waals surface area contributed by atoms with Crippen LogP contribution < -0.4 is 0 Å².